The van der Waals surface area contributed by atoms with Gasteiger partial charge >= 0.3 is 0 Å². The molecule has 4 nitrogen and oxygen atoms in total. The second-order valence-corrected chi connectivity index (χ2v) is 6.01. The highest BCUT2D eigenvalue weighted by molar-refractivity contribution is 5.96. The predicted molar refractivity (Wildman–Crippen MR) is 84.7 cm³/mol. The van der Waals surface area contributed by atoms with Gasteiger partial charge in [0.15, 0.2) is 0 Å². The zero-order valence-electron chi connectivity index (χ0n) is 13.1. The first-order chi connectivity index (χ1) is 10.1. The number of phenols is 1. The van der Waals surface area contributed by atoms with Gasteiger partial charge in [0, 0.05) is 19.6 Å². The summed E-state index contributed by atoms with van der Waals surface area (Å²) in [5, 5.41) is 12.7. The summed E-state index contributed by atoms with van der Waals surface area (Å²) in [6.45, 7) is 8.06. The quantitative estimate of drug-likeness (QED) is 0.875. The van der Waals surface area contributed by atoms with Crippen molar-refractivity contribution in [2.45, 2.75) is 33.1 Å². The molecule has 1 aliphatic heterocycles. The lowest BCUT2D eigenvalue weighted by atomic mass is 10.0. The van der Waals surface area contributed by atoms with Gasteiger partial charge in [0.05, 0.1) is 5.56 Å². The van der Waals surface area contributed by atoms with E-state index in [0.717, 1.165) is 37.5 Å². The van der Waals surface area contributed by atoms with Gasteiger partial charge < -0.3 is 15.3 Å². The minimum atomic E-state index is -0.187. The number of carbonyl (C=O) groups is 1. The van der Waals surface area contributed by atoms with Crippen LogP contribution in [0, 0.1) is 5.92 Å². The lowest BCUT2D eigenvalue weighted by Gasteiger charge is -2.30. The highest BCUT2D eigenvalue weighted by Gasteiger charge is 2.16. The Balaban J connectivity index is 1.84. The van der Waals surface area contributed by atoms with Crippen molar-refractivity contribution in [3.63, 3.8) is 0 Å². The summed E-state index contributed by atoms with van der Waals surface area (Å²) < 4.78 is 0. The molecule has 0 aromatic heterocycles. The van der Waals surface area contributed by atoms with Crippen molar-refractivity contribution in [1.82, 2.24) is 10.2 Å². The number of rotatable bonds is 5. The number of phenolic OH excluding ortho intramolecular Hbond substituents is 1. The van der Waals surface area contributed by atoms with Crippen LogP contribution < -0.4 is 5.32 Å². The van der Waals surface area contributed by atoms with Crippen LogP contribution in [0.2, 0.25) is 0 Å². The van der Waals surface area contributed by atoms with Crippen molar-refractivity contribution < 1.29 is 9.90 Å². The maximum atomic E-state index is 12.2. The third-order valence-electron chi connectivity index (χ3n) is 4.17. The fraction of sp³-hybridized carbons (Fsp3) is 0.588. The van der Waals surface area contributed by atoms with Crippen LogP contribution in [0.4, 0.5) is 0 Å². The number of piperidine rings is 1. The van der Waals surface area contributed by atoms with E-state index in [1.54, 1.807) is 12.1 Å². The van der Waals surface area contributed by atoms with Crippen LogP contribution >= 0.6 is 0 Å². The van der Waals surface area contributed by atoms with Gasteiger partial charge in [0.2, 0.25) is 0 Å². The van der Waals surface area contributed by atoms with E-state index in [2.05, 4.69) is 17.1 Å². The number of carbonyl (C=O) groups excluding carboxylic acids is 1. The van der Waals surface area contributed by atoms with Gasteiger partial charge in [0.1, 0.15) is 5.75 Å². The number of likely N-dealkylation sites (tertiary alicyclic amines) is 1. The van der Waals surface area contributed by atoms with Crippen LogP contribution in [-0.2, 0) is 6.42 Å². The Kier molecular flexibility index (Phi) is 5.62. The maximum Gasteiger partial charge on any atom is 0.255 e. The van der Waals surface area contributed by atoms with Crippen LogP contribution in [0.15, 0.2) is 18.2 Å². The molecule has 0 spiro atoms. The van der Waals surface area contributed by atoms with Crippen LogP contribution in [0.1, 0.15) is 42.6 Å². The van der Waals surface area contributed by atoms with Gasteiger partial charge in [-0.1, -0.05) is 19.9 Å². The normalized spacial score (nSPS) is 19.4. The topological polar surface area (TPSA) is 52.6 Å². The molecule has 1 fully saturated rings. The van der Waals surface area contributed by atoms with Crippen molar-refractivity contribution in [1.29, 1.82) is 0 Å². The number of hydrogen-bond donors (Lipinski definition) is 2. The number of amides is 1. The van der Waals surface area contributed by atoms with E-state index in [-0.39, 0.29) is 11.7 Å². The van der Waals surface area contributed by atoms with Crippen LogP contribution in [0.25, 0.3) is 0 Å². The summed E-state index contributed by atoms with van der Waals surface area (Å²) in [6.07, 6.45) is 3.40. The average Bonchev–Trinajstić information content (AvgIpc) is 2.47. The Morgan fingerprint density at radius 1 is 1.48 bits per heavy atom. The summed E-state index contributed by atoms with van der Waals surface area (Å²) in [5.41, 5.74) is 1.43. The molecule has 1 heterocycles. The first-order valence-electron chi connectivity index (χ1n) is 7.92. The molecule has 1 saturated heterocycles. The van der Waals surface area contributed by atoms with Gasteiger partial charge in [0.25, 0.3) is 5.91 Å². The third kappa shape index (κ3) is 4.46. The van der Waals surface area contributed by atoms with Crippen LogP contribution in [0.5, 0.6) is 5.75 Å². The lowest BCUT2D eigenvalue weighted by Crippen LogP contribution is -2.40. The summed E-state index contributed by atoms with van der Waals surface area (Å²) in [4.78, 5) is 14.5. The second-order valence-electron chi connectivity index (χ2n) is 6.01. The van der Waals surface area contributed by atoms with E-state index in [1.165, 1.54) is 12.8 Å². The number of nitrogens with one attached hydrogen (secondary N) is 1. The molecule has 2 rings (SSSR count). The van der Waals surface area contributed by atoms with E-state index >= 15 is 0 Å². The molecule has 1 atom stereocenters. The molecule has 2 N–H and O–H groups in total. The monoisotopic (exact) mass is 290 g/mol. The standard InChI is InChI=1S/C17H26N2O2/c1-3-14-6-7-16(20)15(11-14)17(21)18-8-10-19-9-4-5-13(2)12-19/h6-7,11,13,20H,3-5,8-10,12H2,1-2H3,(H,18,21). The molecular formula is C17H26N2O2. The molecule has 0 saturated carbocycles. The minimum absolute atomic E-state index is 0.0521. The molecule has 116 valence electrons. The minimum Gasteiger partial charge on any atom is -0.507 e. The van der Waals surface area contributed by atoms with Gasteiger partial charge in [-0.2, -0.15) is 0 Å². The van der Waals surface area contributed by atoms with Crippen molar-refractivity contribution in [3.8, 4) is 5.75 Å². The summed E-state index contributed by atoms with van der Waals surface area (Å²) in [5.74, 6) is 0.615. The van der Waals surface area contributed by atoms with Gasteiger partial charge in [-0.3, -0.25) is 4.79 Å². The van der Waals surface area contributed by atoms with E-state index < -0.39 is 0 Å². The van der Waals surface area contributed by atoms with Crippen molar-refractivity contribution >= 4 is 5.91 Å². The highest BCUT2D eigenvalue weighted by Crippen LogP contribution is 2.19. The molecule has 0 bridgehead atoms. The fourth-order valence-corrected chi connectivity index (χ4v) is 2.90. The molecule has 0 aliphatic carbocycles. The number of aromatic hydroxyl groups is 1. The molecular weight excluding hydrogens is 264 g/mol. The molecule has 4 heteroatoms. The zero-order valence-corrected chi connectivity index (χ0v) is 13.1. The molecule has 0 radical (unpaired) electrons. The molecule has 1 unspecified atom stereocenters. The van der Waals surface area contributed by atoms with Crippen molar-refractivity contribution in [3.05, 3.63) is 29.3 Å². The highest BCUT2D eigenvalue weighted by atomic mass is 16.3. The van der Waals surface area contributed by atoms with Crippen molar-refractivity contribution in [2.75, 3.05) is 26.2 Å². The number of hydrogen-bond acceptors (Lipinski definition) is 3. The number of nitrogens with zero attached hydrogens (tertiary/aromatic N) is 1. The van der Waals surface area contributed by atoms with Crippen LogP contribution in [0.3, 0.4) is 0 Å². The largest absolute Gasteiger partial charge is 0.507 e. The van der Waals surface area contributed by atoms with Gasteiger partial charge in [-0.05, 0) is 49.4 Å². The zero-order chi connectivity index (χ0) is 15.2. The van der Waals surface area contributed by atoms with E-state index in [9.17, 15) is 9.90 Å². The summed E-state index contributed by atoms with van der Waals surface area (Å²) in [6, 6.07) is 5.22. The maximum absolute atomic E-state index is 12.2. The van der Waals surface area contributed by atoms with Crippen molar-refractivity contribution in [2.24, 2.45) is 5.92 Å². The number of aryl methyl sites for hydroxylation is 1. The Morgan fingerprint density at radius 2 is 2.29 bits per heavy atom. The summed E-state index contributed by atoms with van der Waals surface area (Å²) >= 11 is 0. The Bertz CT molecular complexity index is 488. The van der Waals surface area contributed by atoms with E-state index in [1.807, 2.05) is 13.0 Å². The smallest absolute Gasteiger partial charge is 0.255 e. The average molecular weight is 290 g/mol. The fourth-order valence-electron chi connectivity index (χ4n) is 2.90. The third-order valence-corrected chi connectivity index (χ3v) is 4.17. The molecule has 1 amide bonds. The second kappa shape index (κ2) is 7.46. The first kappa shape index (κ1) is 15.8. The lowest BCUT2D eigenvalue weighted by molar-refractivity contribution is 0.0941. The molecule has 1 aromatic rings. The molecule has 21 heavy (non-hydrogen) atoms. The SMILES string of the molecule is CCc1ccc(O)c(C(=O)NCCN2CCCC(C)C2)c1. The Hall–Kier alpha value is -1.55. The van der Waals surface area contributed by atoms with E-state index in [4.69, 9.17) is 0 Å². The molecule has 1 aliphatic rings. The Morgan fingerprint density at radius 3 is 3.00 bits per heavy atom. The van der Waals surface area contributed by atoms with E-state index in [0.29, 0.717) is 12.1 Å². The first-order valence-corrected chi connectivity index (χ1v) is 7.92. The molecule has 1 aromatic carbocycles. The van der Waals surface area contributed by atoms with Gasteiger partial charge in [-0.25, -0.2) is 0 Å². The van der Waals surface area contributed by atoms with Crippen LogP contribution in [-0.4, -0.2) is 42.1 Å². The van der Waals surface area contributed by atoms with Gasteiger partial charge in [-0.15, -0.1) is 0 Å². The summed E-state index contributed by atoms with van der Waals surface area (Å²) in [7, 11) is 0. The number of benzene rings is 1. The Labute approximate surface area is 127 Å². The predicted octanol–water partition coefficient (Wildman–Crippen LogP) is 2.42.